The largest absolute Gasteiger partial charge is 0.481 e. The molecule has 0 N–H and O–H groups in total. The fourth-order valence-electron chi connectivity index (χ4n) is 1.93. The summed E-state index contributed by atoms with van der Waals surface area (Å²) in [7, 11) is 1.23. The van der Waals surface area contributed by atoms with Crippen LogP contribution in [0.4, 0.5) is 4.39 Å². The van der Waals surface area contributed by atoms with Crippen LogP contribution < -0.4 is 4.74 Å². The van der Waals surface area contributed by atoms with Crippen LogP contribution in [0.5, 0.6) is 5.75 Å². The Morgan fingerprint density at radius 1 is 1.40 bits per heavy atom. The van der Waals surface area contributed by atoms with Crippen LogP contribution in [0, 0.1) is 11.7 Å². The number of carbonyl (C=O) groups excluding carboxylic acids is 2. The van der Waals surface area contributed by atoms with Crippen molar-refractivity contribution in [2.24, 2.45) is 5.92 Å². The van der Waals surface area contributed by atoms with E-state index in [9.17, 15) is 14.0 Å². The number of esters is 1. The molecule has 0 unspecified atom stereocenters. The number of ketones is 1. The molecule has 108 valence electrons. The van der Waals surface area contributed by atoms with Gasteiger partial charge < -0.3 is 9.47 Å². The van der Waals surface area contributed by atoms with Gasteiger partial charge in [0.25, 0.3) is 0 Å². The lowest BCUT2D eigenvalue weighted by molar-refractivity contribution is -0.142. The quantitative estimate of drug-likeness (QED) is 0.608. The minimum absolute atomic E-state index is 0.0344. The van der Waals surface area contributed by atoms with Crippen molar-refractivity contribution in [3.8, 4) is 5.75 Å². The smallest absolute Gasteiger partial charge is 0.343 e. The summed E-state index contributed by atoms with van der Waals surface area (Å²) < 4.78 is 23.4. The summed E-state index contributed by atoms with van der Waals surface area (Å²) in [4.78, 5) is 23.4. The van der Waals surface area contributed by atoms with Gasteiger partial charge in [0, 0.05) is 12.0 Å². The lowest BCUT2D eigenvalue weighted by Gasteiger charge is -2.24. The SMILES string of the molecule is COC(=O)COc1cc(F)c(Br)cc1C(=O)C1CCC1. The van der Waals surface area contributed by atoms with Crippen LogP contribution in [-0.2, 0) is 9.53 Å². The highest BCUT2D eigenvalue weighted by Crippen LogP contribution is 2.34. The fourth-order valence-corrected chi connectivity index (χ4v) is 2.27. The van der Waals surface area contributed by atoms with E-state index >= 15 is 0 Å². The summed E-state index contributed by atoms with van der Waals surface area (Å²) in [5, 5.41) is 0. The Morgan fingerprint density at radius 3 is 2.65 bits per heavy atom. The van der Waals surface area contributed by atoms with Gasteiger partial charge in [0.2, 0.25) is 0 Å². The minimum atomic E-state index is -0.588. The Balaban J connectivity index is 2.25. The highest BCUT2D eigenvalue weighted by Gasteiger charge is 2.29. The molecular weight excluding hydrogens is 331 g/mol. The van der Waals surface area contributed by atoms with Gasteiger partial charge in [-0.25, -0.2) is 9.18 Å². The highest BCUT2D eigenvalue weighted by molar-refractivity contribution is 9.10. The Morgan fingerprint density at radius 2 is 2.10 bits per heavy atom. The molecule has 0 aromatic heterocycles. The van der Waals surface area contributed by atoms with E-state index in [2.05, 4.69) is 20.7 Å². The van der Waals surface area contributed by atoms with Crippen molar-refractivity contribution < 1.29 is 23.5 Å². The molecule has 0 aliphatic heterocycles. The van der Waals surface area contributed by atoms with E-state index in [0.29, 0.717) is 5.56 Å². The first-order chi connectivity index (χ1) is 9.52. The Hall–Kier alpha value is -1.43. The molecule has 1 saturated carbocycles. The van der Waals surface area contributed by atoms with Gasteiger partial charge in [-0.3, -0.25) is 4.79 Å². The molecule has 4 nitrogen and oxygen atoms in total. The van der Waals surface area contributed by atoms with Gasteiger partial charge in [-0.1, -0.05) is 6.42 Å². The lowest BCUT2D eigenvalue weighted by atomic mass is 9.80. The normalized spacial score (nSPS) is 14.6. The Labute approximate surface area is 124 Å². The van der Waals surface area contributed by atoms with Gasteiger partial charge in [0.05, 0.1) is 17.1 Å². The van der Waals surface area contributed by atoms with Crippen LogP contribution >= 0.6 is 15.9 Å². The van der Waals surface area contributed by atoms with Crippen molar-refractivity contribution in [1.29, 1.82) is 0 Å². The minimum Gasteiger partial charge on any atom is -0.481 e. The Bertz CT molecular complexity index is 540. The molecule has 1 aliphatic rings. The van der Waals surface area contributed by atoms with Crippen molar-refractivity contribution in [3.63, 3.8) is 0 Å². The predicted octanol–water partition coefficient (Wildman–Crippen LogP) is 3.12. The number of rotatable bonds is 5. The number of halogens is 2. The molecular formula is C14H14BrFO4. The highest BCUT2D eigenvalue weighted by atomic mass is 79.9. The number of ether oxygens (including phenoxy) is 2. The summed E-state index contributed by atoms with van der Waals surface area (Å²) in [5.41, 5.74) is 0.298. The summed E-state index contributed by atoms with van der Waals surface area (Å²) in [6.07, 6.45) is 2.70. The maximum Gasteiger partial charge on any atom is 0.343 e. The first kappa shape index (κ1) is 15.0. The van der Waals surface area contributed by atoms with Gasteiger partial charge in [0.15, 0.2) is 12.4 Å². The van der Waals surface area contributed by atoms with Gasteiger partial charge >= 0.3 is 5.97 Å². The number of hydrogen-bond acceptors (Lipinski definition) is 4. The van der Waals surface area contributed by atoms with E-state index < -0.39 is 11.8 Å². The van der Waals surface area contributed by atoms with Gasteiger partial charge in [-0.15, -0.1) is 0 Å². The topological polar surface area (TPSA) is 52.6 Å². The molecule has 0 amide bonds. The van der Waals surface area contributed by atoms with Crippen molar-refractivity contribution in [2.45, 2.75) is 19.3 Å². The van der Waals surface area contributed by atoms with E-state index in [1.54, 1.807) is 0 Å². The zero-order valence-corrected chi connectivity index (χ0v) is 12.5. The van der Waals surface area contributed by atoms with E-state index in [4.69, 9.17) is 4.74 Å². The summed E-state index contributed by atoms with van der Waals surface area (Å²) in [6, 6.07) is 2.52. The molecule has 1 fully saturated rings. The van der Waals surface area contributed by atoms with Crippen molar-refractivity contribution in [3.05, 3.63) is 28.0 Å². The van der Waals surface area contributed by atoms with E-state index in [1.807, 2.05) is 0 Å². The molecule has 1 aromatic carbocycles. The molecule has 0 saturated heterocycles. The van der Waals surface area contributed by atoms with Crippen LogP contribution in [0.1, 0.15) is 29.6 Å². The molecule has 20 heavy (non-hydrogen) atoms. The first-order valence-electron chi connectivity index (χ1n) is 6.25. The van der Waals surface area contributed by atoms with Gasteiger partial charge in [0.1, 0.15) is 11.6 Å². The summed E-state index contributed by atoms with van der Waals surface area (Å²) in [5.74, 6) is -1.16. The first-order valence-corrected chi connectivity index (χ1v) is 7.05. The number of methoxy groups -OCH3 is 1. The van der Waals surface area contributed by atoms with E-state index in [1.165, 1.54) is 13.2 Å². The molecule has 1 aromatic rings. The summed E-state index contributed by atoms with van der Waals surface area (Å²) in [6.45, 7) is -0.359. The monoisotopic (exact) mass is 344 g/mol. The van der Waals surface area contributed by atoms with E-state index in [-0.39, 0.29) is 28.5 Å². The van der Waals surface area contributed by atoms with Gasteiger partial charge in [-0.05, 0) is 34.8 Å². The molecule has 6 heteroatoms. The third-order valence-electron chi connectivity index (χ3n) is 3.34. The van der Waals surface area contributed by atoms with Crippen molar-refractivity contribution >= 4 is 27.7 Å². The zero-order valence-electron chi connectivity index (χ0n) is 10.9. The van der Waals surface area contributed by atoms with Crippen molar-refractivity contribution in [2.75, 3.05) is 13.7 Å². The molecule has 0 atom stereocenters. The average molecular weight is 345 g/mol. The molecule has 1 aliphatic carbocycles. The maximum atomic E-state index is 13.6. The predicted molar refractivity (Wildman–Crippen MR) is 73.3 cm³/mol. The average Bonchev–Trinajstić information content (AvgIpc) is 2.37. The van der Waals surface area contributed by atoms with Crippen LogP contribution in [0.15, 0.2) is 16.6 Å². The fraction of sp³-hybridized carbons (Fsp3) is 0.429. The van der Waals surface area contributed by atoms with Crippen molar-refractivity contribution in [1.82, 2.24) is 0 Å². The molecule has 0 bridgehead atoms. The van der Waals surface area contributed by atoms with Crippen LogP contribution in [-0.4, -0.2) is 25.5 Å². The lowest BCUT2D eigenvalue weighted by Crippen LogP contribution is -2.23. The van der Waals surface area contributed by atoms with E-state index in [0.717, 1.165) is 25.3 Å². The molecule has 0 heterocycles. The summed E-state index contributed by atoms with van der Waals surface area (Å²) >= 11 is 3.06. The maximum absolute atomic E-state index is 13.6. The number of hydrogen-bond donors (Lipinski definition) is 0. The van der Waals surface area contributed by atoms with Gasteiger partial charge in [-0.2, -0.15) is 0 Å². The second-order valence-corrected chi connectivity index (χ2v) is 5.47. The molecule has 2 rings (SSSR count). The molecule has 0 radical (unpaired) electrons. The number of Topliss-reactive ketones (excluding diaryl/α,β-unsaturated/α-hetero) is 1. The number of carbonyl (C=O) groups is 2. The van der Waals surface area contributed by atoms with Crippen LogP contribution in [0.3, 0.4) is 0 Å². The standard InChI is InChI=1S/C14H14BrFO4/c1-19-13(17)7-20-12-6-11(16)10(15)5-9(12)14(18)8-3-2-4-8/h5-6,8H,2-4,7H2,1H3. The third kappa shape index (κ3) is 3.17. The van der Waals surface area contributed by atoms with Crippen LogP contribution in [0.25, 0.3) is 0 Å². The van der Waals surface area contributed by atoms with Crippen LogP contribution in [0.2, 0.25) is 0 Å². The molecule has 0 spiro atoms. The second kappa shape index (κ2) is 6.35. The second-order valence-electron chi connectivity index (χ2n) is 4.62. The third-order valence-corrected chi connectivity index (χ3v) is 3.94. The Kier molecular flexibility index (Phi) is 4.75. The number of benzene rings is 1. The zero-order chi connectivity index (χ0) is 14.7.